The Bertz CT molecular complexity index is 748. The van der Waals surface area contributed by atoms with E-state index in [1.54, 1.807) is 28.4 Å². The van der Waals surface area contributed by atoms with Crippen LogP contribution >= 0.6 is 24.0 Å². The molecule has 2 N–H and O–H groups in total. The molecule has 1 heterocycles. The highest BCUT2D eigenvalue weighted by atomic mass is 127. The van der Waals surface area contributed by atoms with Crippen LogP contribution in [0, 0.1) is 13.8 Å². The zero-order chi connectivity index (χ0) is 19.8. The van der Waals surface area contributed by atoms with Crippen LogP contribution in [0.15, 0.2) is 21.6 Å². The molecule has 156 valence electrons. The first-order chi connectivity index (χ1) is 13.0. The normalized spacial score (nSPS) is 10.9. The van der Waals surface area contributed by atoms with Crippen LogP contribution in [0.3, 0.4) is 0 Å². The molecule has 0 radical (unpaired) electrons. The van der Waals surface area contributed by atoms with Gasteiger partial charge in [-0.2, -0.15) is 0 Å². The molecule has 0 aliphatic heterocycles. The van der Waals surface area contributed by atoms with Crippen molar-refractivity contribution in [2.45, 2.75) is 26.8 Å². The lowest BCUT2D eigenvalue weighted by Gasteiger charge is -2.16. The van der Waals surface area contributed by atoms with E-state index in [0.717, 1.165) is 35.5 Å². The van der Waals surface area contributed by atoms with Crippen molar-refractivity contribution in [3.8, 4) is 17.2 Å². The van der Waals surface area contributed by atoms with Crippen molar-refractivity contribution >= 4 is 29.9 Å². The average Bonchev–Trinajstić information content (AvgIpc) is 3.01. The number of hydrogen-bond donors (Lipinski definition) is 2. The highest BCUT2D eigenvalue weighted by Crippen LogP contribution is 2.38. The predicted molar refractivity (Wildman–Crippen MR) is 119 cm³/mol. The fraction of sp³-hybridized carbons (Fsp3) is 0.474. The summed E-state index contributed by atoms with van der Waals surface area (Å²) in [4.78, 5) is 4.25. The van der Waals surface area contributed by atoms with Crippen molar-refractivity contribution < 1.29 is 18.7 Å². The molecule has 0 spiro atoms. The molecule has 0 bridgehead atoms. The van der Waals surface area contributed by atoms with Gasteiger partial charge in [-0.1, -0.05) is 5.16 Å². The third-order valence-corrected chi connectivity index (χ3v) is 4.26. The monoisotopic (exact) mass is 504 g/mol. The zero-order valence-electron chi connectivity index (χ0n) is 17.2. The minimum absolute atomic E-state index is 0. The minimum Gasteiger partial charge on any atom is -0.493 e. The van der Waals surface area contributed by atoms with Gasteiger partial charge in [-0.25, -0.2) is 0 Å². The molecule has 1 aromatic carbocycles. The van der Waals surface area contributed by atoms with Gasteiger partial charge >= 0.3 is 0 Å². The summed E-state index contributed by atoms with van der Waals surface area (Å²) in [6.45, 7) is 5.15. The van der Waals surface area contributed by atoms with Crippen LogP contribution in [-0.2, 0) is 13.0 Å². The van der Waals surface area contributed by atoms with Gasteiger partial charge in [0.1, 0.15) is 5.76 Å². The summed E-state index contributed by atoms with van der Waals surface area (Å²) < 4.78 is 21.3. The lowest BCUT2D eigenvalue weighted by atomic mass is 10.1. The number of nitrogens with one attached hydrogen (secondary N) is 2. The summed E-state index contributed by atoms with van der Waals surface area (Å²) in [6, 6.07) is 3.82. The molecule has 28 heavy (non-hydrogen) atoms. The number of aromatic nitrogens is 1. The zero-order valence-corrected chi connectivity index (χ0v) is 19.5. The fourth-order valence-electron chi connectivity index (χ4n) is 2.81. The Morgan fingerprint density at radius 2 is 1.71 bits per heavy atom. The molecule has 0 aliphatic carbocycles. The number of hydrogen-bond acceptors (Lipinski definition) is 6. The van der Waals surface area contributed by atoms with E-state index in [4.69, 9.17) is 18.7 Å². The van der Waals surface area contributed by atoms with Crippen LogP contribution in [0.1, 0.15) is 22.6 Å². The van der Waals surface area contributed by atoms with Crippen LogP contribution in [0.5, 0.6) is 17.2 Å². The number of methoxy groups -OCH3 is 3. The largest absolute Gasteiger partial charge is 0.493 e. The number of benzene rings is 1. The smallest absolute Gasteiger partial charge is 0.203 e. The summed E-state index contributed by atoms with van der Waals surface area (Å²) in [6.07, 6.45) is 0.812. The SMILES string of the molecule is CN=C(NCCc1c(C)noc1C)NCc1cc(OC)c(OC)c(OC)c1.I. The Labute approximate surface area is 183 Å². The number of nitrogens with zero attached hydrogens (tertiary/aromatic N) is 2. The Balaban J connectivity index is 0.00000392. The molecule has 2 rings (SSSR count). The Morgan fingerprint density at radius 3 is 2.18 bits per heavy atom. The van der Waals surface area contributed by atoms with Crippen molar-refractivity contribution in [3.63, 3.8) is 0 Å². The van der Waals surface area contributed by atoms with Crippen molar-refractivity contribution in [1.82, 2.24) is 15.8 Å². The summed E-state index contributed by atoms with van der Waals surface area (Å²) in [5.74, 6) is 3.38. The molecule has 2 aromatic rings. The van der Waals surface area contributed by atoms with Crippen LogP contribution in [0.4, 0.5) is 0 Å². The van der Waals surface area contributed by atoms with Crippen molar-refractivity contribution in [1.29, 1.82) is 0 Å². The highest BCUT2D eigenvalue weighted by Gasteiger charge is 2.13. The highest BCUT2D eigenvalue weighted by molar-refractivity contribution is 14.0. The number of guanidine groups is 1. The van der Waals surface area contributed by atoms with Crippen LogP contribution in [0.25, 0.3) is 0 Å². The van der Waals surface area contributed by atoms with Gasteiger partial charge in [0.25, 0.3) is 0 Å². The first kappa shape index (κ1) is 23.9. The number of aryl methyl sites for hydroxylation is 2. The predicted octanol–water partition coefficient (Wildman–Crippen LogP) is 2.84. The standard InChI is InChI=1S/C19H28N4O4.HI/c1-12-15(13(2)27-23-12)7-8-21-19(20-3)22-11-14-9-16(24-4)18(26-6)17(10-14)25-5;/h9-10H,7-8,11H2,1-6H3,(H2,20,21,22);1H. The summed E-state index contributed by atoms with van der Waals surface area (Å²) in [5, 5.41) is 10.6. The maximum Gasteiger partial charge on any atom is 0.203 e. The van der Waals surface area contributed by atoms with Crippen LogP contribution in [-0.4, -0.2) is 46.0 Å². The molecule has 0 saturated carbocycles. The van der Waals surface area contributed by atoms with E-state index in [0.29, 0.717) is 29.8 Å². The van der Waals surface area contributed by atoms with E-state index in [9.17, 15) is 0 Å². The second kappa shape index (κ2) is 11.6. The number of aliphatic imine (C=N–C) groups is 1. The Hall–Kier alpha value is -2.17. The van der Waals surface area contributed by atoms with Gasteiger partial charge in [0.15, 0.2) is 17.5 Å². The van der Waals surface area contributed by atoms with Gasteiger partial charge < -0.3 is 29.4 Å². The van der Waals surface area contributed by atoms with E-state index in [2.05, 4.69) is 20.8 Å². The van der Waals surface area contributed by atoms with E-state index in [1.807, 2.05) is 26.0 Å². The van der Waals surface area contributed by atoms with Gasteiger partial charge in [0.05, 0.1) is 27.0 Å². The van der Waals surface area contributed by atoms with Crippen molar-refractivity contribution in [2.24, 2.45) is 4.99 Å². The maximum atomic E-state index is 5.39. The van der Waals surface area contributed by atoms with Crippen molar-refractivity contribution in [3.05, 3.63) is 34.7 Å². The minimum atomic E-state index is 0. The molecule has 0 fully saturated rings. The first-order valence-electron chi connectivity index (χ1n) is 8.69. The second-order valence-electron chi connectivity index (χ2n) is 5.94. The van der Waals surface area contributed by atoms with Crippen LogP contribution in [0.2, 0.25) is 0 Å². The van der Waals surface area contributed by atoms with E-state index in [1.165, 1.54) is 0 Å². The molecule has 0 aliphatic rings. The van der Waals surface area contributed by atoms with E-state index < -0.39 is 0 Å². The third kappa shape index (κ3) is 5.91. The Kier molecular flexibility index (Phi) is 9.91. The van der Waals surface area contributed by atoms with Crippen molar-refractivity contribution in [2.75, 3.05) is 34.9 Å². The summed E-state index contributed by atoms with van der Waals surface area (Å²) >= 11 is 0. The van der Waals surface area contributed by atoms with Gasteiger partial charge in [-0.3, -0.25) is 4.99 Å². The molecule has 0 amide bonds. The molecule has 0 saturated heterocycles. The molecule has 0 unspecified atom stereocenters. The lowest BCUT2D eigenvalue weighted by Crippen LogP contribution is -2.37. The number of halogens is 1. The molecule has 8 nitrogen and oxygen atoms in total. The average molecular weight is 504 g/mol. The lowest BCUT2D eigenvalue weighted by molar-refractivity contribution is 0.323. The number of rotatable bonds is 8. The van der Waals surface area contributed by atoms with Crippen LogP contribution < -0.4 is 24.8 Å². The molecule has 9 heteroatoms. The molecule has 1 aromatic heterocycles. The molecule has 0 atom stereocenters. The molecular formula is C19H29IN4O4. The van der Waals surface area contributed by atoms with Gasteiger partial charge in [-0.15, -0.1) is 24.0 Å². The van der Waals surface area contributed by atoms with E-state index in [-0.39, 0.29) is 24.0 Å². The van der Waals surface area contributed by atoms with Gasteiger partial charge in [-0.05, 0) is 38.0 Å². The fourth-order valence-corrected chi connectivity index (χ4v) is 2.81. The topological polar surface area (TPSA) is 90.1 Å². The molecular weight excluding hydrogens is 475 g/mol. The van der Waals surface area contributed by atoms with Gasteiger partial charge in [0, 0.05) is 25.7 Å². The van der Waals surface area contributed by atoms with Gasteiger partial charge in [0.2, 0.25) is 5.75 Å². The summed E-state index contributed by atoms with van der Waals surface area (Å²) in [7, 11) is 6.52. The third-order valence-electron chi connectivity index (χ3n) is 4.26. The second-order valence-corrected chi connectivity index (χ2v) is 5.94. The summed E-state index contributed by atoms with van der Waals surface area (Å²) in [5.41, 5.74) is 3.04. The number of ether oxygens (including phenoxy) is 3. The quantitative estimate of drug-likeness (QED) is 0.325. The van der Waals surface area contributed by atoms with E-state index >= 15 is 0 Å². The maximum absolute atomic E-state index is 5.39. The first-order valence-corrected chi connectivity index (χ1v) is 8.69. The Morgan fingerprint density at radius 1 is 1.07 bits per heavy atom.